The number of esters is 1. The summed E-state index contributed by atoms with van der Waals surface area (Å²) in [4.78, 5) is 33.4. The van der Waals surface area contributed by atoms with E-state index in [1.54, 1.807) is 0 Å². The molecule has 0 radical (unpaired) electrons. The number of hydrogen-bond acceptors (Lipinski definition) is 9. The van der Waals surface area contributed by atoms with E-state index in [1.165, 1.54) is 70.6 Å². The quantitative estimate of drug-likeness (QED) is 0.0839. The average molecular weight is 592 g/mol. The largest absolute Gasteiger partial charge is 0.480 e. The fourth-order valence-corrected chi connectivity index (χ4v) is 3.88. The second kappa shape index (κ2) is 32.7. The molecule has 0 saturated heterocycles. The molecule has 0 heterocycles. The van der Waals surface area contributed by atoms with Gasteiger partial charge in [-0.1, -0.05) is 84.0 Å². The molecular formula is C30H57NO10. The molecule has 0 bridgehead atoms. The van der Waals surface area contributed by atoms with Gasteiger partial charge in [0.2, 0.25) is 5.91 Å². The van der Waals surface area contributed by atoms with Crippen LogP contribution in [0, 0.1) is 0 Å². The fraction of sp³-hybridized carbons (Fsp3) is 0.900. The highest BCUT2D eigenvalue weighted by Gasteiger charge is 2.04. The van der Waals surface area contributed by atoms with Crippen LogP contribution in [0.4, 0.5) is 0 Å². The van der Waals surface area contributed by atoms with Gasteiger partial charge >= 0.3 is 11.9 Å². The van der Waals surface area contributed by atoms with Crippen molar-refractivity contribution in [2.75, 3.05) is 79.2 Å². The van der Waals surface area contributed by atoms with Gasteiger partial charge in [0.15, 0.2) is 0 Å². The van der Waals surface area contributed by atoms with Crippen molar-refractivity contribution in [2.45, 2.75) is 96.8 Å². The highest BCUT2D eigenvalue weighted by atomic mass is 16.6. The summed E-state index contributed by atoms with van der Waals surface area (Å²) in [5, 5.41) is 11.0. The Labute approximate surface area is 247 Å². The number of hydrogen-bond donors (Lipinski definition) is 2. The highest BCUT2D eigenvalue weighted by molar-refractivity contribution is 5.77. The third-order valence-corrected chi connectivity index (χ3v) is 6.12. The normalized spacial score (nSPS) is 11.0. The van der Waals surface area contributed by atoms with Crippen molar-refractivity contribution >= 4 is 17.8 Å². The molecule has 0 atom stereocenters. The summed E-state index contributed by atoms with van der Waals surface area (Å²) in [5.74, 6) is -1.67. The van der Waals surface area contributed by atoms with Crippen LogP contribution in [0.2, 0.25) is 0 Å². The maximum Gasteiger partial charge on any atom is 0.329 e. The number of carbonyl (C=O) groups is 3. The standard InChI is InChI=1S/C30H57NO10/c1-2-3-4-5-6-7-8-9-10-11-12-13-14-15-30(35)41-25-24-39-23-22-38-21-20-37-19-18-36-17-16-31-28(32)26-40-27-29(33)34/h2-27H2,1H3,(H,31,32)(H,33,34). The predicted molar refractivity (Wildman–Crippen MR) is 156 cm³/mol. The van der Waals surface area contributed by atoms with Crippen LogP contribution in [0.15, 0.2) is 0 Å². The van der Waals surface area contributed by atoms with Gasteiger partial charge in [-0.2, -0.15) is 0 Å². The Bertz CT molecular complexity index is 606. The Hall–Kier alpha value is -1.79. The maximum atomic E-state index is 11.8. The number of carboxylic acid groups (broad SMARTS) is 1. The SMILES string of the molecule is CCCCCCCCCCCCCCCC(=O)OCCOCCOCCOCCOCCNC(=O)COCC(=O)O. The smallest absolute Gasteiger partial charge is 0.329 e. The summed E-state index contributed by atoms with van der Waals surface area (Å²) in [6.45, 7) is 5.20. The van der Waals surface area contributed by atoms with E-state index in [1.807, 2.05) is 0 Å². The van der Waals surface area contributed by atoms with Gasteiger partial charge in [0, 0.05) is 13.0 Å². The lowest BCUT2D eigenvalue weighted by molar-refractivity contribution is -0.146. The second-order valence-corrected chi connectivity index (χ2v) is 9.90. The Morgan fingerprint density at radius 1 is 0.537 bits per heavy atom. The molecule has 0 aliphatic heterocycles. The number of unbranched alkanes of at least 4 members (excludes halogenated alkanes) is 12. The topological polar surface area (TPSA) is 139 Å². The van der Waals surface area contributed by atoms with Crippen LogP contribution >= 0.6 is 0 Å². The van der Waals surface area contributed by atoms with Gasteiger partial charge in [0.25, 0.3) is 0 Å². The minimum atomic E-state index is -1.12. The summed E-state index contributed by atoms with van der Waals surface area (Å²) in [6, 6.07) is 0. The van der Waals surface area contributed by atoms with E-state index < -0.39 is 18.5 Å². The molecule has 0 aromatic heterocycles. The summed E-state index contributed by atoms with van der Waals surface area (Å²) in [7, 11) is 0. The van der Waals surface area contributed by atoms with E-state index in [-0.39, 0.29) is 19.2 Å². The lowest BCUT2D eigenvalue weighted by atomic mass is 10.0. The molecule has 0 fully saturated rings. The van der Waals surface area contributed by atoms with E-state index in [9.17, 15) is 14.4 Å². The predicted octanol–water partition coefficient (Wildman–Crippen LogP) is 4.29. The second-order valence-electron chi connectivity index (χ2n) is 9.90. The summed E-state index contributed by atoms with van der Waals surface area (Å²) >= 11 is 0. The lowest BCUT2D eigenvalue weighted by Gasteiger charge is -2.08. The first-order chi connectivity index (χ1) is 20.1. The number of amides is 1. The van der Waals surface area contributed by atoms with E-state index in [4.69, 9.17) is 28.8 Å². The Kier molecular flexibility index (Phi) is 31.3. The number of carbonyl (C=O) groups excluding carboxylic acids is 2. The molecule has 0 aliphatic carbocycles. The molecule has 2 N–H and O–H groups in total. The first-order valence-corrected chi connectivity index (χ1v) is 15.6. The van der Waals surface area contributed by atoms with Crippen molar-refractivity contribution in [1.29, 1.82) is 0 Å². The van der Waals surface area contributed by atoms with Gasteiger partial charge in [-0.25, -0.2) is 4.79 Å². The van der Waals surface area contributed by atoms with Gasteiger partial charge in [-0.15, -0.1) is 0 Å². The Morgan fingerprint density at radius 2 is 0.976 bits per heavy atom. The van der Waals surface area contributed by atoms with Crippen molar-refractivity contribution in [3.05, 3.63) is 0 Å². The average Bonchev–Trinajstić information content (AvgIpc) is 2.95. The molecule has 0 unspecified atom stereocenters. The van der Waals surface area contributed by atoms with Crippen LogP contribution in [-0.2, 0) is 42.8 Å². The molecular weight excluding hydrogens is 534 g/mol. The van der Waals surface area contributed by atoms with Crippen LogP contribution in [-0.4, -0.2) is 102 Å². The minimum absolute atomic E-state index is 0.151. The number of aliphatic carboxylic acids is 1. The molecule has 1 amide bonds. The molecule has 0 spiro atoms. The van der Waals surface area contributed by atoms with Crippen molar-refractivity contribution in [3.8, 4) is 0 Å². The zero-order valence-electron chi connectivity index (χ0n) is 25.5. The molecule has 11 heteroatoms. The zero-order chi connectivity index (χ0) is 30.1. The van der Waals surface area contributed by atoms with Crippen molar-refractivity contribution < 1.29 is 47.9 Å². The number of rotatable bonds is 33. The number of ether oxygens (including phenoxy) is 6. The lowest BCUT2D eigenvalue weighted by Crippen LogP contribution is -2.31. The Morgan fingerprint density at radius 3 is 1.46 bits per heavy atom. The zero-order valence-corrected chi connectivity index (χ0v) is 25.5. The van der Waals surface area contributed by atoms with Gasteiger partial charge in [0.1, 0.15) is 19.8 Å². The van der Waals surface area contributed by atoms with E-state index in [0.29, 0.717) is 65.8 Å². The third kappa shape index (κ3) is 34.3. The van der Waals surface area contributed by atoms with E-state index >= 15 is 0 Å². The molecule has 41 heavy (non-hydrogen) atoms. The van der Waals surface area contributed by atoms with Crippen molar-refractivity contribution in [2.24, 2.45) is 0 Å². The maximum absolute atomic E-state index is 11.8. The summed E-state index contributed by atoms with van der Waals surface area (Å²) < 4.78 is 31.4. The molecule has 0 rings (SSSR count). The molecule has 0 aliphatic rings. The molecule has 11 nitrogen and oxygen atoms in total. The molecule has 0 aromatic carbocycles. The third-order valence-electron chi connectivity index (χ3n) is 6.12. The first kappa shape index (κ1) is 39.2. The Balaban J connectivity index is 3.20. The first-order valence-electron chi connectivity index (χ1n) is 15.6. The van der Waals surface area contributed by atoms with Crippen LogP contribution < -0.4 is 5.32 Å². The van der Waals surface area contributed by atoms with Crippen LogP contribution in [0.1, 0.15) is 96.8 Å². The van der Waals surface area contributed by atoms with Crippen molar-refractivity contribution in [1.82, 2.24) is 5.32 Å². The number of carboxylic acids is 1. The fourth-order valence-electron chi connectivity index (χ4n) is 3.88. The molecule has 0 saturated carbocycles. The highest BCUT2D eigenvalue weighted by Crippen LogP contribution is 2.13. The van der Waals surface area contributed by atoms with E-state index in [2.05, 4.69) is 17.0 Å². The monoisotopic (exact) mass is 591 g/mol. The van der Waals surface area contributed by atoms with Gasteiger partial charge in [0.05, 0.1) is 52.9 Å². The van der Waals surface area contributed by atoms with Crippen LogP contribution in [0.5, 0.6) is 0 Å². The number of nitrogens with one attached hydrogen (secondary N) is 1. The minimum Gasteiger partial charge on any atom is -0.480 e. The van der Waals surface area contributed by atoms with Gasteiger partial charge in [-0.05, 0) is 6.42 Å². The van der Waals surface area contributed by atoms with Crippen molar-refractivity contribution in [3.63, 3.8) is 0 Å². The van der Waals surface area contributed by atoms with Crippen LogP contribution in [0.25, 0.3) is 0 Å². The summed E-state index contributed by atoms with van der Waals surface area (Å²) in [6.07, 6.45) is 17.2. The van der Waals surface area contributed by atoms with Gasteiger partial charge < -0.3 is 38.8 Å². The molecule has 0 aromatic rings. The van der Waals surface area contributed by atoms with E-state index in [0.717, 1.165) is 12.8 Å². The molecule has 242 valence electrons. The summed E-state index contributed by atoms with van der Waals surface area (Å²) in [5.41, 5.74) is 0. The van der Waals surface area contributed by atoms with Gasteiger partial charge in [-0.3, -0.25) is 9.59 Å². The van der Waals surface area contributed by atoms with Crippen LogP contribution in [0.3, 0.4) is 0 Å².